The number of nitrogens with zero attached hydrogens (tertiary/aromatic N) is 2. The number of rotatable bonds is 9. The van der Waals surface area contributed by atoms with Gasteiger partial charge >= 0.3 is 0 Å². The summed E-state index contributed by atoms with van der Waals surface area (Å²) >= 11 is 1.52. The molecule has 0 aromatic heterocycles. The van der Waals surface area contributed by atoms with E-state index in [1.165, 1.54) is 30.2 Å². The lowest BCUT2D eigenvalue weighted by Gasteiger charge is -2.22. The van der Waals surface area contributed by atoms with Gasteiger partial charge in [0.25, 0.3) is 0 Å². The highest BCUT2D eigenvalue weighted by atomic mass is 32.2. The second-order valence-corrected chi connectivity index (χ2v) is 10.3. The normalized spacial score (nSPS) is 14.6. The standard InChI is InChI=1S/C22H29N3O3S2/c1-29-21-10-6-9-20(14-21)25(30(2,27)28)17-22(26)23-15-18-7-5-8-19(13-18)16-24-11-3-4-12-24/h5-10,13-14H,3-4,11-12,15-17H2,1-2H3,(H,23,26). The Bertz CT molecular complexity index is 973. The van der Waals surface area contributed by atoms with Gasteiger partial charge in [-0.3, -0.25) is 14.0 Å². The number of carbonyl (C=O) groups is 1. The molecule has 2 aromatic carbocycles. The van der Waals surface area contributed by atoms with Crippen LogP contribution < -0.4 is 9.62 Å². The lowest BCUT2D eigenvalue weighted by atomic mass is 10.1. The fourth-order valence-electron chi connectivity index (χ4n) is 3.59. The molecule has 1 aliphatic heterocycles. The van der Waals surface area contributed by atoms with E-state index in [1.807, 2.05) is 24.5 Å². The highest BCUT2D eigenvalue weighted by Gasteiger charge is 2.21. The third-order valence-corrected chi connectivity index (χ3v) is 6.98. The number of anilines is 1. The first kappa shape index (κ1) is 22.7. The first-order chi connectivity index (χ1) is 14.3. The van der Waals surface area contributed by atoms with E-state index < -0.39 is 10.0 Å². The number of likely N-dealkylation sites (tertiary alicyclic amines) is 1. The van der Waals surface area contributed by atoms with Gasteiger partial charge in [0, 0.05) is 18.0 Å². The number of hydrogen-bond acceptors (Lipinski definition) is 5. The zero-order valence-electron chi connectivity index (χ0n) is 17.5. The molecule has 0 saturated carbocycles. The SMILES string of the molecule is CSc1cccc(N(CC(=O)NCc2cccc(CN3CCCC3)c2)S(C)(=O)=O)c1. The number of hydrogen-bond donors (Lipinski definition) is 1. The van der Waals surface area contributed by atoms with E-state index in [0.29, 0.717) is 12.2 Å². The van der Waals surface area contributed by atoms with E-state index in [0.717, 1.165) is 40.7 Å². The largest absolute Gasteiger partial charge is 0.350 e. The van der Waals surface area contributed by atoms with Gasteiger partial charge in [0.2, 0.25) is 15.9 Å². The van der Waals surface area contributed by atoms with Gasteiger partial charge in [0.15, 0.2) is 0 Å². The molecule has 6 nitrogen and oxygen atoms in total. The van der Waals surface area contributed by atoms with E-state index in [4.69, 9.17) is 0 Å². The van der Waals surface area contributed by atoms with Crippen molar-refractivity contribution in [1.82, 2.24) is 10.2 Å². The molecule has 2 aromatic rings. The molecule has 1 N–H and O–H groups in total. The van der Waals surface area contributed by atoms with Crippen LogP contribution in [0.2, 0.25) is 0 Å². The molecule has 0 spiro atoms. The van der Waals surface area contributed by atoms with Gasteiger partial charge in [-0.1, -0.05) is 30.3 Å². The Labute approximate surface area is 183 Å². The van der Waals surface area contributed by atoms with Crippen LogP contribution in [0.25, 0.3) is 0 Å². The van der Waals surface area contributed by atoms with E-state index in [-0.39, 0.29) is 12.5 Å². The van der Waals surface area contributed by atoms with Gasteiger partial charge in [-0.05, 0) is 61.5 Å². The average molecular weight is 448 g/mol. The Morgan fingerprint density at radius 1 is 1.10 bits per heavy atom. The number of thioether (sulfide) groups is 1. The van der Waals surface area contributed by atoms with Crippen molar-refractivity contribution in [3.05, 3.63) is 59.7 Å². The van der Waals surface area contributed by atoms with E-state index >= 15 is 0 Å². The van der Waals surface area contributed by atoms with Gasteiger partial charge in [-0.2, -0.15) is 0 Å². The number of sulfonamides is 1. The van der Waals surface area contributed by atoms with Crippen LogP contribution in [-0.4, -0.2) is 51.4 Å². The van der Waals surface area contributed by atoms with Crippen molar-refractivity contribution in [2.24, 2.45) is 0 Å². The Morgan fingerprint density at radius 2 is 1.80 bits per heavy atom. The molecular formula is C22H29N3O3S2. The second kappa shape index (κ2) is 10.3. The minimum atomic E-state index is -3.58. The lowest BCUT2D eigenvalue weighted by Crippen LogP contribution is -2.40. The lowest BCUT2D eigenvalue weighted by molar-refractivity contribution is -0.119. The first-order valence-electron chi connectivity index (χ1n) is 10.0. The maximum Gasteiger partial charge on any atom is 0.241 e. The predicted octanol–water partition coefficient (Wildman–Crippen LogP) is 3.09. The van der Waals surface area contributed by atoms with Gasteiger partial charge in [-0.15, -0.1) is 11.8 Å². The summed E-state index contributed by atoms with van der Waals surface area (Å²) in [6.07, 6.45) is 5.56. The fourth-order valence-corrected chi connectivity index (χ4v) is 4.89. The molecule has 0 bridgehead atoms. The van der Waals surface area contributed by atoms with Gasteiger partial charge in [0.1, 0.15) is 6.54 Å². The van der Waals surface area contributed by atoms with Crippen LogP contribution in [0.3, 0.4) is 0 Å². The van der Waals surface area contributed by atoms with E-state index in [1.54, 1.807) is 18.2 Å². The van der Waals surface area contributed by atoms with Crippen LogP contribution in [0.5, 0.6) is 0 Å². The predicted molar refractivity (Wildman–Crippen MR) is 123 cm³/mol. The van der Waals surface area contributed by atoms with Crippen molar-refractivity contribution in [2.75, 3.05) is 36.5 Å². The van der Waals surface area contributed by atoms with Crippen LogP contribution in [-0.2, 0) is 27.9 Å². The first-order valence-corrected chi connectivity index (χ1v) is 13.1. The minimum Gasteiger partial charge on any atom is -0.350 e. The molecule has 8 heteroatoms. The molecule has 1 fully saturated rings. The van der Waals surface area contributed by atoms with Crippen molar-refractivity contribution in [2.45, 2.75) is 30.8 Å². The second-order valence-electron chi connectivity index (χ2n) is 7.55. The van der Waals surface area contributed by atoms with Crippen molar-refractivity contribution in [3.63, 3.8) is 0 Å². The van der Waals surface area contributed by atoms with Crippen molar-refractivity contribution < 1.29 is 13.2 Å². The number of carbonyl (C=O) groups excluding carboxylic acids is 1. The summed E-state index contributed by atoms with van der Waals surface area (Å²) in [4.78, 5) is 15.9. The highest BCUT2D eigenvalue weighted by Crippen LogP contribution is 2.23. The summed E-state index contributed by atoms with van der Waals surface area (Å²) in [5.41, 5.74) is 2.73. The molecule has 1 amide bonds. The Hall–Kier alpha value is -2.03. The number of nitrogens with one attached hydrogen (secondary N) is 1. The molecule has 1 saturated heterocycles. The smallest absolute Gasteiger partial charge is 0.241 e. The zero-order chi connectivity index (χ0) is 21.6. The molecular weight excluding hydrogens is 418 g/mol. The summed E-state index contributed by atoms with van der Waals surface area (Å²) in [5.74, 6) is -0.333. The molecule has 0 radical (unpaired) electrons. The third-order valence-electron chi connectivity index (χ3n) is 5.11. The Morgan fingerprint density at radius 3 is 2.50 bits per heavy atom. The Balaban J connectivity index is 1.62. The highest BCUT2D eigenvalue weighted by molar-refractivity contribution is 7.98. The fraction of sp³-hybridized carbons (Fsp3) is 0.409. The third kappa shape index (κ3) is 6.48. The molecule has 1 aliphatic rings. The minimum absolute atomic E-state index is 0.246. The van der Waals surface area contributed by atoms with Gasteiger partial charge in [0.05, 0.1) is 11.9 Å². The molecule has 0 unspecified atom stereocenters. The van der Waals surface area contributed by atoms with Crippen LogP contribution in [0, 0.1) is 0 Å². The zero-order valence-corrected chi connectivity index (χ0v) is 19.1. The summed E-state index contributed by atoms with van der Waals surface area (Å²) in [5, 5.41) is 2.86. The average Bonchev–Trinajstić information content (AvgIpc) is 3.23. The molecule has 0 aliphatic carbocycles. The molecule has 0 atom stereocenters. The number of benzene rings is 2. The maximum absolute atomic E-state index is 12.5. The van der Waals surface area contributed by atoms with Crippen LogP contribution in [0.15, 0.2) is 53.4 Å². The van der Waals surface area contributed by atoms with Crippen molar-refractivity contribution in [3.8, 4) is 0 Å². The molecule has 3 rings (SSSR count). The summed E-state index contributed by atoms with van der Waals surface area (Å²) in [6, 6.07) is 15.4. The van der Waals surface area contributed by atoms with Gasteiger partial charge < -0.3 is 5.32 Å². The summed E-state index contributed by atoms with van der Waals surface area (Å²) in [7, 11) is -3.58. The van der Waals surface area contributed by atoms with E-state index in [2.05, 4.69) is 22.3 Å². The summed E-state index contributed by atoms with van der Waals surface area (Å²) < 4.78 is 25.7. The maximum atomic E-state index is 12.5. The van der Waals surface area contributed by atoms with Crippen molar-refractivity contribution >= 4 is 33.4 Å². The van der Waals surface area contributed by atoms with Crippen LogP contribution in [0.4, 0.5) is 5.69 Å². The Kier molecular flexibility index (Phi) is 7.80. The monoisotopic (exact) mass is 447 g/mol. The van der Waals surface area contributed by atoms with E-state index in [9.17, 15) is 13.2 Å². The molecule has 1 heterocycles. The molecule has 30 heavy (non-hydrogen) atoms. The quantitative estimate of drug-likeness (QED) is 0.598. The van der Waals surface area contributed by atoms with Gasteiger partial charge in [-0.25, -0.2) is 8.42 Å². The van der Waals surface area contributed by atoms with Crippen LogP contribution in [0.1, 0.15) is 24.0 Å². The summed E-state index contributed by atoms with van der Waals surface area (Å²) in [6.45, 7) is 3.33. The molecule has 162 valence electrons. The van der Waals surface area contributed by atoms with Crippen LogP contribution >= 0.6 is 11.8 Å². The number of amides is 1. The topological polar surface area (TPSA) is 69.7 Å². The van der Waals surface area contributed by atoms with Crippen molar-refractivity contribution in [1.29, 1.82) is 0 Å².